The van der Waals surface area contributed by atoms with Gasteiger partial charge in [0, 0.05) is 12.7 Å². The predicted octanol–water partition coefficient (Wildman–Crippen LogP) is 2.24. The first kappa shape index (κ1) is 15.2. The number of aryl methyl sites for hydroxylation is 1. The number of sulfonamides is 1. The highest BCUT2D eigenvalue weighted by atomic mass is 32.2. The van der Waals surface area contributed by atoms with E-state index in [-0.39, 0.29) is 10.6 Å². The third-order valence-electron chi connectivity index (χ3n) is 3.39. The average Bonchev–Trinajstić information content (AvgIpc) is 2.48. The fraction of sp³-hybridized carbons (Fsp3) is 0.200. The Bertz CT molecular complexity index is 757. The van der Waals surface area contributed by atoms with Gasteiger partial charge >= 0.3 is 0 Å². The Morgan fingerprint density at radius 1 is 1.10 bits per heavy atom. The van der Waals surface area contributed by atoms with Crippen molar-refractivity contribution >= 4 is 27.1 Å². The second kappa shape index (κ2) is 5.65. The SMILES string of the molecule is CCc1ccccc1N(C)S(=O)(=O)c1cc(N)ccc1N. The van der Waals surface area contributed by atoms with Crippen molar-refractivity contribution in [3.8, 4) is 0 Å². The number of nitrogens with zero attached hydrogens (tertiary/aromatic N) is 1. The van der Waals surface area contributed by atoms with Crippen LogP contribution >= 0.6 is 0 Å². The average molecular weight is 305 g/mol. The van der Waals surface area contributed by atoms with Gasteiger partial charge in [-0.1, -0.05) is 25.1 Å². The third kappa shape index (κ3) is 2.80. The second-order valence-electron chi connectivity index (χ2n) is 4.75. The van der Waals surface area contributed by atoms with E-state index in [0.29, 0.717) is 11.4 Å². The summed E-state index contributed by atoms with van der Waals surface area (Å²) in [6.45, 7) is 1.98. The van der Waals surface area contributed by atoms with Crippen molar-refractivity contribution in [3.63, 3.8) is 0 Å². The van der Waals surface area contributed by atoms with Gasteiger partial charge in [-0.15, -0.1) is 0 Å². The van der Waals surface area contributed by atoms with Gasteiger partial charge in [-0.25, -0.2) is 8.42 Å². The third-order valence-corrected chi connectivity index (χ3v) is 5.21. The molecule has 0 radical (unpaired) electrons. The molecule has 0 aromatic heterocycles. The minimum absolute atomic E-state index is 0.0240. The van der Waals surface area contributed by atoms with Crippen molar-refractivity contribution in [3.05, 3.63) is 48.0 Å². The van der Waals surface area contributed by atoms with E-state index in [4.69, 9.17) is 11.5 Å². The Labute approximate surface area is 125 Å². The van der Waals surface area contributed by atoms with Gasteiger partial charge in [-0.2, -0.15) is 0 Å². The van der Waals surface area contributed by atoms with Crippen molar-refractivity contribution in [1.82, 2.24) is 0 Å². The molecule has 112 valence electrons. The van der Waals surface area contributed by atoms with Crippen molar-refractivity contribution in [2.45, 2.75) is 18.2 Å². The van der Waals surface area contributed by atoms with Gasteiger partial charge in [-0.05, 0) is 36.2 Å². The summed E-state index contributed by atoms with van der Waals surface area (Å²) in [6.07, 6.45) is 0.739. The summed E-state index contributed by atoms with van der Waals surface area (Å²) < 4.78 is 26.8. The molecule has 0 unspecified atom stereocenters. The standard InChI is InChI=1S/C15H19N3O2S/c1-3-11-6-4-5-7-14(11)18(2)21(19,20)15-10-12(16)8-9-13(15)17/h4-10H,3,16-17H2,1-2H3. The molecule has 0 saturated heterocycles. The van der Waals surface area contributed by atoms with Crippen LogP contribution in [0, 0.1) is 0 Å². The molecule has 2 rings (SSSR count). The maximum absolute atomic E-state index is 12.8. The Morgan fingerprint density at radius 3 is 2.43 bits per heavy atom. The van der Waals surface area contributed by atoms with Crippen LogP contribution in [0.1, 0.15) is 12.5 Å². The number of hydrogen-bond donors (Lipinski definition) is 2. The molecule has 4 N–H and O–H groups in total. The van der Waals surface area contributed by atoms with E-state index < -0.39 is 10.0 Å². The lowest BCUT2D eigenvalue weighted by atomic mass is 10.1. The summed E-state index contributed by atoms with van der Waals surface area (Å²) in [4.78, 5) is 0.0240. The molecule has 21 heavy (non-hydrogen) atoms. The molecule has 0 amide bonds. The largest absolute Gasteiger partial charge is 0.399 e. The minimum atomic E-state index is -3.75. The summed E-state index contributed by atoms with van der Waals surface area (Å²) in [5, 5.41) is 0. The van der Waals surface area contributed by atoms with Crippen LogP contribution in [0.25, 0.3) is 0 Å². The molecule has 6 heteroatoms. The molecule has 5 nitrogen and oxygen atoms in total. The van der Waals surface area contributed by atoms with Crippen LogP contribution in [0.5, 0.6) is 0 Å². The summed E-state index contributed by atoms with van der Waals surface area (Å²) >= 11 is 0. The monoisotopic (exact) mass is 305 g/mol. The van der Waals surface area contributed by atoms with Gasteiger partial charge in [0.2, 0.25) is 0 Å². The van der Waals surface area contributed by atoms with Crippen LogP contribution < -0.4 is 15.8 Å². The Hall–Kier alpha value is -2.21. The van der Waals surface area contributed by atoms with E-state index in [0.717, 1.165) is 12.0 Å². The van der Waals surface area contributed by atoms with E-state index in [1.54, 1.807) is 12.1 Å². The number of nitrogen functional groups attached to an aromatic ring is 2. The molecular formula is C15H19N3O2S. The molecule has 0 bridgehead atoms. The maximum atomic E-state index is 12.8. The van der Waals surface area contributed by atoms with Gasteiger partial charge < -0.3 is 11.5 Å². The van der Waals surface area contributed by atoms with Crippen LogP contribution in [-0.2, 0) is 16.4 Å². The van der Waals surface area contributed by atoms with E-state index in [2.05, 4.69) is 0 Å². The molecule has 0 fully saturated rings. The highest BCUT2D eigenvalue weighted by Gasteiger charge is 2.25. The Kier molecular flexibility index (Phi) is 4.09. The number of para-hydroxylation sites is 1. The van der Waals surface area contributed by atoms with Crippen LogP contribution in [-0.4, -0.2) is 15.5 Å². The maximum Gasteiger partial charge on any atom is 0.266 e. The molecule has 0 saturated carbocycles. The van der Waals surface area contributed by atoms with Gasteiger partial charge in [-0.3, -0.25) is 4.31 Å². The fourth-order valence-electron chi connectivity index (χ4n) is 2.17. The number of hydrogen-bond acceptors (Lipinski definition) is 4. The normalized spacial score (nSPS) is 11.3. The lowest BCUT2D eigenvalue weighted by molar-refractivity contribution is 0.594. The first-order valence-electron chi connectivity index (χ1n) is 6.59. The highest BCUT2D eigenvalue weighted by Crippen LogP contribution is 2.29. The second-order valence-corrected chi connectivity index (χ2v) is 6.69. The van der Waals surface area contributed by atoms with Gasteiger partial charge in [0.1, 0.15) is 4.90 Å². The first-order chi connectivity index (χ1) is 9.87. The van der Waals surface area contributed by atoms with E-state index >= 15 is 0 Å². The lowest BCUT2D eigenvalue weighted by Crippen LogP contribution is -2.28. The topological polar surface area (TPSA) is 89.4 Å². The van der Waals surface area contributed by atoms with E-state index in [9.17, 15) is 8.42 Å². The summed E-state index contributed by atoms with van der Waals surface area (Å²) in [5.41, 5.74) is 13.6. The Morgan fingerprint density at radius 2 is 1.76 bits per heavy atom. The molecule has 2 aromatic rings. The Balaban J connectivity index is 2.55. The van der Waals surface area contributed by atoms with Crippen LogP contribution in [0.4, 0.5) is 17.1 Å². The number of benzene rings is 2. The van der Waals surface area contributed by atoms with Crippen LogP contribution in [0.3, 0.4) is 0 Å². The molecule has 0 aliphatic rings. The smallest absolute Gasteiger partial charge is 0.266 e. The number of nitrogens with two attached hydrogens (primary N) is 2. The molecular weight excluding hydrogens is 286 g/mol. The zero-order valence-electron chi connectivity index (χ0n) is 12.1. The predicted molar refractivity (Wildman–Crippen MR) is 86.7 cm³/mol. The molecule has 0 atom stereocenters. The number of anilines is 3. The van der Waals surface area contributed by atoms with Crippen molar-refractivity contribution in [2.24, 2.45) is 0 Å². The van der Waals surface area contributed by atoms with Crippen LogP contribution in [0.2, 0.25) is 0 Å². The van der Waals surface area contributed by atoms with Crippen LogP contribution in [0.15, 0.2) is 47.4 Å². The molecule has 0 aliphatic carbocycles. The molecule has 0 aliphatic heterocycles. The molecule has 0 spiro atoms. The van der Waals surface area contributed by atoms with E-state index in [1.807, 2.05) is 25.1 Å². The van der Waals surface area contributed by atoms with Crippen molar-refractivity contribution < 1.29 is 8.42 Å². The quantitative estimate of drug-likeness (QED) is 0.848. The fourth-order valence-corrected chi connectivity index (χ4v) is 3.55. The van der Waals surface area contributed by atoms with Gasteiger partial charge in [0.05, 0.1) is 11.4 Å². The zero-order chi connectivity index (χ0) is 15.6. The minimum Gasteiger partial charge on any atom is -0.399 e. The summed E-state index contributed by atoms with van der Waals surface area (Å²) in [6, 6.07) is 11.8. The van der Waals surface area contributed by atoms with Gasteiger partial charge in [0.15, 0.2) is 0 Å². The molecule has 2 aromatic carbocycles. The van der Waals surface area contributed by atoms with E-state index in [1.165, 1.54) is 23.5 Å². The number of rotatable bonds is 4. The lowest BCUT2D eigenvalue weighted by Gasteiger charge is -2.23. The van der Waals surface area contributed by atoms with Crippen molar-refractivity contribution in [1.29, 1.82) is 0 Å². The highest BCUT2D eigenvalue weighted by molar-refractivity contribution is 7.93. The van der Waals surface area contributed by atoms with Crippen molar-refractivity contribution in [2.75, 3.05) is 22.8 Å². The van der Waals surface area contributed by atoms with Gasteiger partial charge in [0.25, 0.3) is 10.0 Å². The summed E-state index contributed by atoms with van der Waals surface area (Å²) in [7, 11) is -2.23. The molecule has 0 heterocycles. The summed E-state index contributed by atoms with van der Waals surface area (Å²) in [5.74, 6) is 0. The first-order valence-corrected chi connectivity index (χ1v) is 8.03. The zero-order valence-corrected chi connectivity index (χ0v) is 12.9.